The van der Waals surface area contributed by atoms with E-state index in [-0.39, 0.29) is 13.2 Å². The Morgan fingerprint density at radius 2 is 2.17 bits per heavy atom. The Morgan fingerprint density at radius 1 is 1.44 bits per heavy atom. The highest BCUT2D eigenvalue weighted by atomic mass is 16.6. The maximum atomic E-state index is 11.8. The number of hydrogen-bond donors (Lipinski definition) is 1. The number of nitrogens with zero attached hydrogens (tertiary/aromatic N) is 1. The van der Waals surface area contributed by atoms with Crippen molar-refractivity contribution in [1.29, 1.82) is 0 Å². The molecule has 0 amide bonds. The van der Waals surface area contributed by atoms with Crippen LogP contribution >= 0.6 is 0 Å². The summed E-state index contributed by atoms with van der Waals surface area (Å²) in [6.07, 6.45) is 3.79. The third-order valence-corrected chi connectivity index (χ3v) is 2.65. The van der Waals surface area contributed by atoms with Gasteiger partial charge in [0.25, 0.3) is 0 Å². The van der Waals surface area contributed by atoms with E-state index in [1.165, 1.54) is 0 Å². The molecule has 0 radical (unpaired) electrons. The molecule has 1 aromatic heterocycles. The van der Waals surface area contributed by atoms with Gasteiger partial charge in [-0.25, -0.2) is 9.59 Å². The van der Waals surface area contributed by atoms with Crippen molar-refractivity contribution in [1.82, 2.24) is 4.57 Å². The first-order valence-electron chi connectivity index (χ1n) is 5.92. The summed E-state index contributed by atoms with van der Waals surface area (Å²) in [4.78, 5) is 22.9. The normalized spacial score (nSPS) is 14.3. The van der Waals surface area contributed by atoms with Crippen LogP contribution in [0.15, 0.2) is 12.3 Å². The summed E-state index contributed by atoms with van der Waals surface area (Å²) in [7, 11) is 0. The molecular formula is C12H16N2O4. The predicted molar refractivity (Wildman–Crippen MR) is 64.0 cm³/mol. The summed E-state index contributed by atoms with van der Waals surface area (Å²) in [5, 5.41) is 0. The van der Waals surface area contributed by atoms with Crippen molar-refractivity contribution in [2.75, 3.05) is 18.9 Å². The van der Waals surface area contributed by atoms with E-state index in [0.29, 0.717) is 17.4 Å². The highest BCUT2D eigenvalue weighted by Gasteiger charge is 2.28. The zero-order valence-corrected chi connectivity index (χ0v) is 10.2. The molecule has 0 spiro atoms. The molecule has 1 heterocycles. The predicted octanol–water partition coefficient (Wildman–Crippen LogP) is 1.13. The van der Waals surface area contributed by atoms with E-state index in [1.54, 1.807) is 19.2 Å². The number of ether oxygens (including phenoxy) is 2. The van der Waals surface area contributed by atoms with Gasteiger partial charge in [-0.2, -0.15) is 0 Å². The topological polar surface area (TPSA) is 83.6 Å². The van der Waals surface area contributed by atoms with Crippen LogP contribution < -0.4 is 5.73 Å². The molecule has 0 aliphatic heterocycles. The molecule has 6 heteroatoms. The fraction of sp³-hybridized carbons (Fsp3) is 0.500. The number of hydrogen-bond acceptors (Lipinski definition) is 5. The molecule has 1 aliphatic carbocycles. The minimum atomic E-state index is -0.552. The van der Waals surface area contributed by atoms with Gasteiger partial charge in [0.1, 0.15) is 5.69 Å². The second-order valence-electron chi connectivity index (χ2n) is 4.18. The van der Waals surface area contributed by atoms with Crippen molar-refractivity contribution < 1.29 is 19.1 Å². The first kappa shape index (κ1) is 12.5. The van der Waals surface area contributed by atoms with E-state index in [9.17, 15) is 9.59 Å². The Labute approximate surface area is 105 Å². The molecule has 1 aliphatic rings. The maximum absolute atomic E-state index is 11.8. The minimum absolute atomic E-state index is 0.266. The van der Waals surface area contributed by atoms with Crippen molar-refractivity contribution in [3.8, 4) is 0 Å². The summed E-state index contributed by atoms with van der Waals surface area (Å²) >= 11 is 0. The maximum Gasteiger partial charge on any atom is 0.355 e. The standard InChI is InChI=1S/C12H16N2O4/c1-2-17-11(15)7-18-12(16)10-5-8(13)6-14(10)9-3-4-9/h5-6,9H,2-4,7,13H2,1H3. The average molecular weight is 252 g/mol. The zero-order chi connectivity index (χ0) is 13.1. The van der Waals surface area contributed by atoms with E-state index in [0.717, 1.165) is 12.8 Å². The van der Waals surface area contributed by atoms with Gasteiger partial charge in [0.05, 0.1) is 12.3 Å². The quantitative estimate of drug-likeness (QED) is 0.794. The summed E-state index contributed by atoms with van der Waals surface area (Å²) in [5.74, 6) is -1.10. The monoisotopic (exact) mass is 252 g/mol. The van der Waals surface area contributed by atoms with E-state index < -0.39 is 11.9 Å². The van der Waals surface area contributed by atoms with Gasteiger partial charge in [-0.1, -0.05) is 0 Å². The van der Waals surface area contributed by atoms with Crippen LogP contribution in [0.25, 0.3) is 0 Å². The van der Waals surface area contributed by atoms with Gasteiger partial charge in [0, 0.05) is 12.2 Å². The fourth-order valence-electron chi connectivity index (χ4n) is 1.72. The van der Waals surface area contributed by atoms with Gasteiger partial charge in [0.15, 0.2) is 6.61 Å². The van der Waals surface area contributed by atoms with Crippen LogP contribution in [0.4, 0.5) is 5.69 Å². The Bertz CT molecular complexity index is 463. The van der Waals surface area contributed by atoms with Gasteiger partial charge in [0.2, 0.25) is 0 Å². The second kappa shape index (κ2) is 5.12. The molecule has 2 N–H and O–H groups in total. The molecule has 2 rings (SSSR count). The number of rotatable bonds is 5. The zero-order valence-electron chi connectivity index (χ0n) is 10.2. The van der Waals surface area contributed by atoms with Crippen LogP contribution in [0, 0.1) is 0 Å². The van der Waals surface area contributed by atoms with Gasteiger partial charge in [-0.15, -0.1) is 0 Å². The summed E-state index contributed by atoms with van der Waals surface area (Å²) in [6, 6.07) is 1.89. The molecule has 0 bridgehead atoms. The molecule has 6 nitrogen and oxygen atoms in total. The van der Waals surface area contributed by atoms with E-state index >= 15 is 0 Å². The highest BCUT2D eigenvalue weighted by Crippen LogP contribution is 2.37. The highest BCUT2D eigenvalue weighted by molar-refractivity contribution is 5.90. The number of carbonyl (C=O) groups is 2. The molecule has 1 fully saturated rings. The van der Waals surface area contributed by atoms with Gasteiger partial charge >= 0.3 is 11.9 Å². The van der Waals surface area contributed by atoms with Gasteiger partial charge in [-0.3, -0.25) is 0 Å². The summed E-state index contributed by atoms with van der Waals surface area (Å²) in [5.41, 5.74) is 6.57. The van der Waals surface area contributed by atoms with Gasteiger partial charge < -0.3 is 19.8 Å². The number of carbonyl (C=O) groups excluding carboxylic acids is 2. The number of nitrogens with two attached hydrogens (primary N) is 1. The minimum Gasteiger partial charge on any atom is -0.463 e. The van der Waals surface area contributed by atoms with E-state index in [1.807, 2.05) is 4.57 Å². The summed E-state index contributed by atoms with van der Waals surface area (Å²) < 4.78 is 11.4. The molecule has 1 saturated carbocycles. The lowest BCUT2D eigenvalue weighted by Crippen LogP contribution is -2.18. The van der Waals surface area contributed by atoms with Gasteiger partial charge in [-0.05, 0) is 25.8 Å². The smallest absolute Gasteiger partial charge is 0.355 e. The van der Waals surface area contributed by atoms with Crippen LogP contribution in [0.1, 0.15) is 36.3 Å². The van der Waals surface area contributed by atoms with Crippen LogP contribution in [-0.4, -0.2) is 29.7 Å². The first-order chi connectivity index (χ1) is 8.61. The molecule has 0 atom stereocenters. The number of nitrogen functional groups attached to an aromatic ring is 1. The van der Waals surface area contributed by atoms with E-state index in [2.05, 4.69) is 4.74 Å². The second-order valence-corrected chi connectivity index (χ2v) is 4.18. The Morgan fingerprint density at radius 3 is 2.78 bits per heavy atom. The molecule has 0 saturated heterocycles. The number of esters is 2. The van der Waals surface area contributed by atoms with Crippen LogP contribution in [0.3, 0.4) is 0 Å². The Hall–Kier alpha value is -1.98. The third-order valence-electron chi connectivity index (χ3n) is 2.65. The lowest BCUT2D eigenvalue weighted by Gasteiger charge is -2.07. The average Bonchev–Trinajstić information content (AvgIpc) is 3.10. The summed E-state index contributed by atoms with van der Waals surface area (Å²) in [6.45, 7) is 1.59. The number of anilines is 1. The first-order valence-corrected chi connectivity index (χ1v) is 5.92. The fourth-order valence-corrected chi connectivity index (χ4v) is 1.72. The van der Waals surface area contributed by atoms with Crippen molar-refractivity contribution in [2.45, 2.75) is 25.8 Å². The SMILES string of the molecule is CCOC(=O)COC(=O)c1cc(N)cn1C1CC1. The molecule has 1 aromatic rings. The molecule has 0 unspecified atom stereocenters. The third kappa shape index (κ3) is 2.82. The Balaban J connectivity index is 1.98. The van der Waals surface area contributed by atoms with Crippen molar-refractivity contribution in [3.63, 3.8) is 0 Å². The van der Waals surface area contributed by atoms with Crippen LogP contribution in [0.5, 0.6) is 0 Å². The molecule has 18 heavy (non-hydrogen) atoms. The number of aromatic nitrogens is 1. The van der Waals surface area contributed by atoms with Crippen LogP contribution in [-0.2, 0) is 14.3 Å². The molecular weight excluding hydrogens is 236 g/mol. The lowest BCUT2D eigenvalue weighted by atomic mass is 10.4. The van der Waals surface area contributed by atoms with Crippen molar-refractivity contribution in [3.05, 3.63) is 18.0 Å². The lowest BCUT2D eigenvalue weighted by molar-refractivity contribution is -0.146. The molecule has 0 aromatic carbocycles. The Kier molecular flexibility index (Phi) is 3.55. The van der Waals surface area contributed by atoms with E-state index in [4.69, 9.17) is 10.5 Å². The van der Waals surface area contributed by atoms with Crippen LogP contribution in [0.2, 0.25) is 0 Å². The van der Waals surface area contributed by atoms with Crippen molar-refractivity contribution >= 4 is 17.6 Å². The van der Waals surface area contributed by atoms with Crippen molar-refractivity contribution in [2.24, 2.45) is 0 Å². The largest absolute Gasteiger partial charge is 0.463 e. The molecule has 98 valence electrons.